The second-order valence-corrected chi connectivity index (χ2v) is 7.94. The number of benzene rings is 1. The molecule has 5 rings (SSSR count). The Bertz CT molecular complexity index is 1130. The fourth-order valence-electron chi connectivity index (χ4n) is 4.20. The van der Waals surface area contributed by atoms with Crippen molar-refractivity contribution in [3.63, 3.8) is 0 Å². The van der Waals surface area contributed by atoms with Crippen LogP contribution in [0.5, 0.6) is 0 Å². The van der Waals surface area contributed by atoms with Crippen LogP contribution in [0.25, 0.3) is 11.4 Å². The van der Waals surface area contributed by atoms with Crippen LogP contribution in [-0.2, 0) is 24.9 Å². The van der Waals surface area contributed by atoms with Gasteiger partial charge in [-0.1, -0.05) is 18.2 Å². The fourth-order valence-corrected chi connectivity index (χ4v) is 4.20. The summed E-state index contributed by atoms with van der Waals surface area (Å²) in [7, 11) is 3.89. The van der Waals surface area contributed by atoms with E-state index in [1.54, 1.807) is 23.9 Å². The first-order valence-corrected chi connectivity index (χ1v) is 10.1. The van der Waals surface area contributed by atoms with Crippen LogP contribution in [0.4, 0.5) is 5.95 Å². The van der Waals surface area contributed by atoms with Gasteiger partial charge in [0, 0.05) is 38.9 Å². The molecule has 8 nitrogen and oxygen atoms in total. The lowest BCUT2D eigenvalue weighted by atomic mass is 10.0. The van der Waals surface area contributed by atoms with E-state index in [4.69, 9.17) is 9.72 Å². The van der Waals surface area contributed by atoms with Crippen molar-refractivity contribution in [2.45, 2.75) is 19.2 Å². The van der Waals surface area contributed by atoms with E-state index >= 15 is 0 Å². The normalized spacial score (nSPS) is 19.1. The molecule has 8 heteroatoms. The highest BCUT2D eigenvalue weighted by atomic mass is 16.5. The van der Waals surface area contributed by atoms with Gasteiger partial charge >= 0.3 is 0 Å². The first-order chi connectivity index (χ1) is 14.6. The number of hydrogen-bond acceptors (Lipinski definition) is 7. The minimum Gasteiger partial charge on any atom is -0.370 e. The highest BCUT2D eigenvalue weighted by molar-refractivity contribution is 5.55. The fraction of sp³-hybridized carbons (Fsp3) is 0.364. The largest absolute Gasteiger partial charge is 0.370 e. The SMILES string of the molecule is CN1Cc2ccc(C3CN(c4nc(-c5ccncn5)cc(=O)n4C)CCO3)cc2C1. The summed E-state index contributed by atoms with van der Waals surface area (Å²) in [4.78, 5) is 30.0. The average molecular weight is 404 g/mol. The summed E-state index contributed by atoms with van der Waals surface area (Å²) in [5.74, 6) is 0.630. The van der Waals surface area contributed by atoms with Crippen molar-refractivity contribution in [3.05, 3.63) is 69.9 Å². The lowest BCUT2D eigenvalue weighted by Gasteiger charge is -2.34. The Kier molecular flexibility index (Phi) is 4.80. The molecule has 0 bridgehead atoms. The highest BCUT2D eigenvalue weighted by Crippen LogP contribution is 2.29. The van der Waals surface area contributed by atoms with Gasteiger partial charge in [-0.2, -0.15) is 0 Å². The summed E-state index contributed by atoms with van der Waals surface area (Å²) in [6.07, 6.45) is 3.05. The molecule has 4 heterocycles. The zero-order valence-electron chi connectivity index (χ0n) is 17.2. The average Bonchev–Trinajstić information content (AvgIpc) is 3.15. The minimum atomic E-state index is -0.114. The van der Waals surface area contributed by atoms with E-state index in [0.717, 1.165) is 13.1 Å². The van der Waals surface area contributed by atoms with E-state index in [9.17, 15) is 4.79 Å². The highest BCUT2D eigenvalue weighted by Gasteiger charge is 2.26. The molecule has 3 aromatic rings. The van der Waals surface area contributed by atoms with Crippen molar-refractivity contribution in [2.75, 3.05) is 31.6 Å². The maximum absolute atomic E-state index is 12.6. The Morgan fingerprint density at radius 2 is 1.93 bits per heavy atom. The Morgan fingerprint density at radius 1 is 1.07 bits per heavy atom. The van der Waals surface area contributed by atoms with E-state index in [1.165, 1.54) is 29.1 Å². The van der Waals surface area contributed by atoms with Gasteiger partial charge in [0.25, 0.3) is 5.56 Å². The third-order valence-corrected chi connectivity index (χ3v) is 5.79. The number of nitrogens with zero attached hydrogens (tertiary/aromatic N) is 6. The molecule has 154 valence electrons. The van der Waals surface area contributed by atoms with E-state index < -0.39 is 0 Å². The van der Waals surface area contributed by atoms with Crippen LogP contribution < -0.4 is 10.5 Å². The van der Waals surface area contributed by atoms with Gasteiger partial charge in [0.1, 0.15) is 12.4 Å². The van der Waals surface area contributed by atoms with E-state index in [0.29, 0.717) is 37.0 Å². The molecule has 1 aromatic carbocycles. The summed E-state index contributed by atoms with van der Waals surface area (Å²) in [5.41, 5.74) is 5.00. The van der Waals surface area contributed by atoms with Crippen molar-refractivity contribution < 1.29 is 4.74 Å². The van der Waals surface area contributed by atoms with Crippen LogP contribution in [0.3, 0.4) is 0 Å². The van der Waals surface area contributed by atoms with Gasteiger partial charge in [-0.3, -0.25) is 14.3 Å². The molecule has 1 saturated heterocycles. The molecule has 2 aliphatic heterocycles. The van der Waals surface area contributed by atoms with Crippen molar-refractivity contribution in [1.82, 2.24) is 24.4 Å². The van der Waals surface area contributed by atoms with E-state index in [2.05, 4.69) is 45.0 Å². The first-order valence-electron chi connectivity index (χ1n) is 10.1. The monoisotopic (exact) mass is 404 g/mol. The Morgan fingerprint density at radius 3 is 2.77 bits per heavy atom. The van der Waals surface area contributed by atoms with Gasteiger partial charge in [0.15, 0.2) is 0 Å². The van der Waals surface area contributed by atoms with Gasteiger partial charge < -0.3 is 9.64 Å². The predicted molar refractivity (Wildman–Crippen MR) is 113 cm³/mol. The van der Waals surface area contributed by atoms with Crippen molar-refractivity contribution >= 4 is 5.95 Å². The maximum Gasteiger partial charge on any atom is 0.255 e. The molecule has 0 aliphatic carbocycles. The lowest BCUT2D eigenvalue weighted by molar-refractivity contribution is 0.0389. The van der Waals surface area contributed by atoms with Crippen molar-refractivity contribution in [1.29, 1.82) is 0 Å². The molecule has 30 heavy (non-hydrogen) atoms. The van der Waals surface area contributed by atoms with Gasteiger partial charge in [-0.05, 0) is 29.8 Å². The molecule has 0 saturated carbocycles. The lowest BCUT2D eigenvalue weighted by Crippen LogP contribution is -2.41. The second kappa shape index (κ2) is 7.62. The van der Waals surface area contributed by atoms with E-state index in [1.807, 2.05) is 0 Å². The van der Waals surface area contributed by atoms with Crippen LogP contribution in [0.15, 0.2) is 47.7 Å². The Balaban J connectivity index is 1.45. The first kappa shape index (κ1) is 18.9. The molecule has 0 N–H and O–H groups in total. The number of fused-ring (bicyclic) bond motifs is 1. The molecular formula is C22H24N6O2. The molecule has 2 aromatic heterocycles. The molecular weight excluding hydrogens is 380 g/mol. The summed E-state index contributed by atoms with van der Waals surface area (Å²) >= 11 is 0. The Hall–Kier alpha value is -3.10. The minimum absolute atomic E-state index is 0.0606. The summed E-state index contributed by atoms with van der Waals surface area (Å²) in [6.45, 7) is 3.86. The molecule has 1 unspecified atom stereocenters. The summed E-state index contributed by atoms with van der Waals surface area (Å²) in [5, 5.41) is 0. The van der Waals surface area contributed by atoms with Crippen LogP contribution in [0, 0.1) is 0 Å². The zero-order chi connectivity index (χ0) is 20.7. The topological polar surface area (TPSA) is 76.4 Å². The van der Waals surface area contributed by atoms with Gasteiger partial charge in [-0.15, -0.1) is 0 Å². The number of morpholine rings is 1. The second-order valence-electron chi connectivity index (χ2n) is 7.94. The number of ether oxygens (including phenoxy) is 1. The van der Waals surface area contributed by atoms with Crippen LogP contribution >= 0.6 is 0 Å². The Labute approximate surface area is 174 Å². The van der Waals surface area contributed by atoms with Gasteiger partial charge in [-0.25, -0.2) is 15.0 Å². The predicted octanol–water partition coefficient (Wildman–Crippen LogP) is 1.76. The van der Waals surface area contributed by atoms with Gasteiger partial charge in [0.2, 0.25) is 5.95 Å². The third kappa shape index (κ3) is 3.48. The smallest absolute Gasteiger partial charge is 0.255 e. The number of anilines is 1. The quantitative estimate of drug-likeness (QED) is 0.658. The molecule has 0 amide bonds. The summed E-state index contributed by atoms with van der Waals surface area (Å²) in [6, 6.07) is 9.91. The van der Waals surface area contributed by atoms with Crippen molar-refractivity contribution in [2.24, 2.45) is 7.05 Å². The summed E-state index contributed by atoms with van der Waals surface area (Å²) < 4.78 is 7.68. The molecule has 0 radical (unpaired) electrons. The third-order valence-electron chi connectivity index (χ3n) is 5.79. The molecule has 1 fully saturated rings. The maximum atomic E-state index is 12.6. The van der Waals surface area contributed by atoms with Crippen LogP contribution in [0.1, 0.15) is 22.8 Å². The van der Waals surface area contributed by atoms with Crippen LogP contribution in [-0.4, -0.2) is 51.2 Å². The van der Waals surface area contributed by atoms with Crippen LogP contribution in [0.2, 0.25) is 0 Å². The van der Waals surface area contributed by atoms with Crippen molar-refractivity contribution in [3.8, 4) is 11.4 Å². The molecule has 0 spiro atoms. The number of rotatable bonds is 3. The van der Waals surface area contributed by atoms with Gasteiger partial charge in [0.05, 0.1) is 24.5 Å². The number of hydrogen-bond donors (Lipinski definition) is 0. The standard InChI is InChI=1S/C22H24N6O2/c1-26-11-16-4-3-15(9-17(16)12-26)20-13-28(7-8-30-20)22-25-19(10-21(29)27(22)2)18-5-6-23-14-24-18/h3-6,9-10,14,20H,7-8,11-13H2,1-2H3. The zero-order valence-corrected chi connectivity index (χ0v) is 17.2. The number of aromatic nitrogens is 4. The molecule has 1 atom stereocenters. The van der Waals surface area contributed by atoms with E-state index in [-0.39, 0.29) is 11.7 Å². The molecule has 2 aliphatic rings.